The summed E-state index contributed by atoms with van der Waals surface area (Å²) in [5.41, 5.74) is 12.6. The van der Waals surface area contributed by atoms with Crippen LogP contribution >= 0.6 is 0 Å². The lowest BCUT2D eigenvalue weighted by Gasteiger charge is -2.16. The summed E-state index contributed by atoms with van der Waals surface area (Å²) >= 11 is 0. The maximum Gasteiger partial charge on any atom is 0.149 e. The van der Waals surface area contributed by atoms with Gasteiger partial charge in [0.2, 0.25) is 0 Å². The minimum atomic E-state index is 0.585. The van der Waals surface area contributed by atoms with E-state index in [1.807, 2.05) is 0 Å². The second kappa shape index (κ2) is 10.2. The molecule has 120 valence electrons. The van der Waals surface area contributed by atoms with Crippen molar-refractivity contribution in [1.82, 2.24) is 15.2 Å². The van der Waals surface area contributed by atoms with Crippen LogP contribution in [-0.4, -0.2) is 49.7 Å². The summed E-state index contributed by atoms with van der Waals surface area (Å²) in [5, 5.41) is 6.61. The van der Waals surface area contributed by atoms with Crippen molar-refractivity contribution in [2.24, 2.45) is 0 Å². The number of aromatic nitrogens is 1. The van der Waals surface area contributed by atoms with E-state index < -0.39 is 0 Å². The molecule has 0 aliphatic heterocycles. The van der Waals surface area contributed by atoms with Gasteiger partial charge in [0.05, 0.1) is 17.6 Å². The van der Waals surface area contributed by atoms with E-state index in [0.717, 1.165) is 26.2 Å². The molecule has 0 atom stereocenters. The monoisotopic (exact) mass is 294 g/mol. The molecule has 1 aromatic rings. The highest BCUT2D eigenvalue weighted by molar-refractivity contribution is 5.65. The van der Waals surface area contributed by atoms with Crippen molar-refractivity contribution in [2.75, 3.05) is 56.6 Å². The van der Waals surface area contributed by atoms with Gasteiger partial charge in [0, 0.05) is 26.2 Å². The molecule has 1 aromatic heterocycles. The zero-order valence-corrected chi connectivity index (χ0v) is 13.4. The van der Waals surface area contributed by atoms with Gasteiger partial charge in [-0.15, -0.1) is 0 Å². The van der Waals surface area contributed by atoms with E-state index in [4.69, 9.17) is 11.5 Å². The van der Waals surface area contributed by atoms with Crippen LogP contribution in [0.1, 0.15) is 26.2 Å². The molecule has 0 aromatic carbocycles. The number of hydrogen-bond donors (Lipinski definition) is 4. The Labute approximate surface area is 128 Å². The Kier molecular flexibility index (Phi) is 8.54. The molecule has 6 N–H and O–H groups in total. The van der Waals surface area contributed by atoms with Crippen LogP contribution in [0.25, 0.3) is 0 Å². The van der Waals surface area contributed by atoms with Gasteiger partial charge in [-0.2, -0.15) is 0 Å². The van der Waals surface area contributed by atoms with Crippen LogP contribution in [0.2, 0.25) is 0 Å². The number of nitrogen functional groups attached to an aromatic ring is 2. The Morgan fingerprint density at radius 2 is 1.95 bits per heavy atom. The molecule has 0 spiro atoms. The first-order valence-electron chi connectivity index (χ1n) is 7.77. The van der Waals surface area contributed by atoms with Crippen LogP contribution in [-0.2, 0) is 0 Å². The van der Waals surface area contributed by atoms with Gasteiger partial charge < -0.3 is 27.0 Å². The zero-order chi connectivity index (χ0) is 15.5. The quantitative estimate of drug-likeness (QED) is 0.461. The smallest absolute Gasteiger partial charge is 0.149 e. The predicted octanol–water partition coefficient (Wildman–Crippen LogP) is 1.37. The number of likely N-dealkylation sites (N-methyl/N-ethyl adjacent to an activating group) is 1. The maximum absolute atomic E-state index is 5.83. The molecule has 0 bridgehead atoms. The van der Waals surface area contributed by atoms with Gasteiger partial charge in [0.15, 0.2) is 0 Å². The molecule has 0 aliphatic carbocycles. The highest BCUT2D eigenvalue weighted by Crippen LogP contribution is 2.16. The normalized spacial score (nSPS) is 11.0. The average Bonchev–Trinajstić information content (AvgIpc) is 2.45. The van der Waals surface area contributed by atoms with E-state index in [1.165, 1.54) is 25.8 Å². The second-order valence-electron chi connectivity index (χ2n) is 5.39. The van der Waals surface area contributed by atoms with Crippen molar-refractivity contribution in [2.45, 2.75) is 26.2 Å². The molecule has 0 aliphatic rings. The van der Waals surface area contributed by atoms with Crippen molar-refractivity contribution in [3.8, 4) is 0 Å². The van der Waals surface area contributed by atoms with Gasteiger partial charge in [0.25, 0.3) is 0 Å². The van der Waals surface area contributed by atoms with E-state index in [9.17, 15) is 0 Å². The predicted molar refractivity (Wildman–Crippen MR) is 91.4 cm³/mol. The fourth-order valence-corrected chi connectivity index (χ4v) is 2.05. The number of nitrogens with two attached hydrogens (primary N) is 2. The number of hydrogen-bond acceptors (Lipinski definition) is 6. The summed E-state index contributed by atoms with van der Waals surface area (Å²) < 4.78 is 0. The Morgan fingerprint density at radius 1 is 1.14 bits per heavy atom. The summed E-state index contributed by atoms with van der Waals surface area (Å²) in [6.07, 6.45) is 5.49. The molecule has 0 amide bonds. The Balaban J connectivity index is 2.04. The molecule has 6 heteroatoms. The highest BCUT2D eigenvalue weighted by atomic mass is 15.1. The molecule has 0 saturated heterocycles. The SMILES string of the molecule is CCCCCN(C)CCNCCNc1ncc(N)cc1N. The number of pyridine rings is 1. The Bertz CT molecular complexity index is 396. The molecule has 0 fully saturated rings. The van der Waals surface area contributed by atoms with Gasteiger partial charge in [-0.25, -0.2) is 4.98 Å². The van der Waals surface area contributed by atoms with Crippen LogP contribution in [0.5, 0.6) is 0 Å². The summed E-state index contributed by atoms with van der Waals surface area (Å²) in [6.45, 7) is 7.16. The summed E-state index contributed by atoms with van der Waals surface area (Å²) in [7, 11) is 2.18. The third kappa shape index (κ3) is 7.72. The molecule has 0 saturated carbocycles. The number of unbranched alkanes of at least 4 members (excludes halogenated alkanes) is 2. The molecule has 0 radical (unpaired) electrons. The van der Waals surface area contributed by atoms with Crippen LogP contribution in [0.4, 0.5) is 17.2 Å². The maximum atomic E-state index is 5.83. The van der Waals surface area contributed by atoms with Crippen molar-refractivity contribution in [3.63, 3.8) is 0 Å². The molecular weight excluding hydrogens is 264 g/mol. The minimum Gasteiger partial charge on any atom is -0.397 e. The first kappa shape index (κ1) is 17.5. The van der Waals surface area contributed by atoms with Gasteiger partial charge in [-0.05, 0) is 26.1 Å². The number of nitrogens with one attached hydrogen (secondary N) is 2. The number of nitrogens with zero attached hydrogens (tertiary/aromatic N) is 2. The van der Waals surface area contributed by atoms with Crippen molar-refractivity contribution in [3.05, 3.63) is 12.3 Å². The van der Waals surface area contributed by atoms with Gasteiger partial charge in [-0.1, -0.05) is 19.8 Å². The highest BCUT2D eigenvalue weighted by Gasteiger charge is 2.00. The summed E-state index contributed by atoms with van der Waals surface area (Å²) in [6, 6.07) is 1.72. The molecule has 1 rings (SSSR count). The van der Waals surface area contributed by atoms with Crippen LogP contribution in [0.15, 0.2) is 12.3 Å². The fraction of sp³-hybridized carbons (Fsp3) is 0.667. The molecule has 1 heterocycles. The fourth-order valence-electron chi connectivity index (χ4n) is 2.05. The topological polar surface area (TPSA) is 92.2 Å². The summed E-state index contributed by atoms with van der Waals surface area (Å²) in [5.74, 6) is 0.697. The lowest BCUT2D eigenvalue weighted by atomic mass is 10.2. The minimum absolute atomic E-state index is 0.585. The second-order valence-corrected chi connectivity index (χ2v) is 5.39. The van der Waals surface area contributed by atoms with Crippen molar-refractivity contribution in [1.29, 1.82) is 0 Å². The summed E-state index contributed by atoms with van der Waals surface area (Å²) in [4.78, 5) is 6.54. The first-order valence-corrected chi connectivity index (χ1v) is 7.77. The number of anilines is 3. The van der Waals surface area contributed by atoms with E-state index in [0.29, 0.717) is 17.2 Å². The van der Waals surface area contributed by atoms with Gasteiger partial charge in [-0.3, -0.25) is 0 Å². The zero-order valence-electron chi connectivity index (χ0n) is 13.4. The standard InChI is InChI=1S/C15H30N6/c1-3-4-5-9-21(2)10-8-18-6-7-19-15-14(17)11-13(16)12-20-15/h11-12,18H,3-10,16-17H2,1-2H3,(H,19,20). The Hall–Kier alpha value is -1.53. The molecule has 6 nitrogen and oxygen atoms in total. The Morgan fingerprint density at radius 3 is 2.67 bits per heavy atom. The van der Waals surface area contributed by atoms with Crippen molar-refractivity contribution < 1.29 is 0 Å². The third-order valence-corrected chi connectivity index (χ3v) is 3.35. The largest absolute Gasteiger partial charge is 0.397 e. The van der Waals surface area contributed by atoms with Crippen LogP contribution < -0.4 is 22.1 Å². The average molecular weight is 294 g/mol. The molecular formula is C15H30N6. The molecule has 21 heavy (non-hydrogen) atoms. The van der Waals surface area contributed by atoms with E-state index in [1.54, 1.807) is 12.3 Å². The number of rotatable bonds is 11. The van der Waals surface area contributed by atoms with E-state index in [-0.39, 0.29) is 0 Å². The van der Waals surface area contributed by atoms with Crippen molar-refractivity contribution >= 4 is 17.2 Å². The van der Waals surface area contributed by atoms with E-state index in [2.05, 4.69) is 34.5 Å². The molecule has 0 unspecified atom stereocenters. The first-order chi connectivity index (χ1) is 10.1. The van der Waals surface area contributed by atoms with Crippen LogP contribution in [0, 0.1) is 0 Å². The third-order valence-electron chi connectivity index (χ3n) is 3.35. The van der Waals surface area contributed by atoms with E-state index >= 15 is 0 Å². The van der Waals surface area contributed by atoms with Gasteiger partial charge in [0.1, 0.15) is 5.82 Å². The van der Waals surface area contributed by atoms with Crippen LogP contribution in [0.3, 0.4) is 0 Å². The lowest BCUT2D eigenvalue weighted by molar-refractivity contribution is 0.324. The lowest BCUT2D eigenvalue weighted by Crippen LogP contribution is -2.32. The van der Waals surface area contributed by atoms with Gasteiger partial charge >= 0.3 is 0 Å².